The summed E-state index contributed by atoms with van der Waals surface area (Å²) in [7, 11) is -2.18. The van der Waals surface area contributed by atoms with Crippen molar-refractivity contribution in [1.82, 2.24) is 9.62 Å². The second kappa shape index (κ2) is 10.2. The molecule has 0 saturated carbocycles. The molecule has 0 radical (unpaired) electrons. The van der Waals surface area contributed by atoms with Crippen LogP contribution in [0.15, 0.2) is 66.1 Å². The molecule has 0 saturated heterocycles. The number of sulfonamides is 1. The van der Waals surface area contributed by atoms with Crippen LogP contribution in [0.1, 0.15) is 29.8 Å². The number of nitrogens with zero attached hydrogens (tertiary/aromatic N) is 1. The Morgan fingerprint density at radius 2 is 1.76 bits per heavy atom. The van der Waals surface area contributed by atoms with Crippen molar-refractivity contribution in [2.75, 3.05) is 20.2 Å². The van der Waals surface area contributed by atoms with Crippen LogP contribution in [0.25, 0.3) is 0 Å². The molecule has 2 aromatic rings. The third-order valence-corrected chi connectivity index (χ3v) is 6.10. The molecule has 7 heteroatoms. The molecule has 0 aromatic heterocycles. The number of hydrogen-bond acceptors (Lipinski definition) is 4. The summed E-state index contributed by atoms with van der Waals surface area (Å²) < 4.78 is 32.5. The zero-order valence-corrected chi connectivity index (χ0v) is 17.9. The van der Waals surface area contributed by atoms with Crippen LogP contribution in [-0.2, 0) is 16.6 Å². The monoisotopic (exact) mass is 416 g/mol. The summed E-state index contributed by atoms with van der Waals surface area (Å²) in [4.78, 5) is 12.3. The SMILES string of the molecule is C=CCN(Cc1ccc(C(=O)NCC(C)C)cc1)S(=O)(=O)c1ccc(OC)cc1. The molecule has 0 bridgehead atoms. The van der Waals surface area contributed by atoms with Gasteiger partial charge in [0.2, 0.25) is 10.0 Å². The van der Waals surface area contributed by atoms with Gasteiger partial charge in [-0.25, -0.2) is 8.42 Å². The van der Waals surface area contributed by atoms with Crippen LogP contribution >= 0.6 is 0 Å². The van der Waals surface area contributed by atoms with E-state index < -0.39 is 10.0 Å². The minimum Gasteiger partial charge on any atom is -0.497 e. The zero-order chi connectivity index (χ0) is 21.4. The molecule has 156 valence electrons. The van der Waals surface area contributed by atoms with E-state index in [1.807, 2.05) is 13.8 Å². The van der Waals surface area contributed by atoms with Crippen molar-refractivity contribution < 1.29 is 17.9 Å². The lowest BCUT2D eigenvalue weighted by Gasteiger charge is -2.21. The van der Waals surface area contributed by atoms with E-state index in [0.29, 0.717) is 23.8 Å². The molecule has 0 atom stereocenters. The first-order valence-electron chi connectivity index (χ1n) is 9.40. The predicted octanol–water partition coefficient (Wildman–Crippen LogP) is 3.46. The first-order chi connectivity index (χ1) is 13.8. The quantitative estimate of drug-likeness (QED) is 0.602. The van der Waals surface area contributed by atoms with E-state index in [-0.39, 0.29) is 23.9 Å². The first kappa shape index (κ1) is 22.6. The fourth-order valence-corrected chi connectivity index (χ4v) is 4.05. The van der Waals surface area contributed by atoms with E-state index >= 15 is 0 Å². The molecule has 0 aliphatic heterocycles. The predicted molar refractivity (Wildman–Crippen MR) is 114 cm³/mol. The maximum Gasteiger partial charge on any atom is 0.251 e. The summed E-state index contributed by atoms with van der Waals surface area (Å²) >= 11 is 0. The molecule has 1 amide bonds. The fourth-order valence-electron chi connectivity index (χ4n) is 2.65. The van der Waals surface area contributed by atoms with E-state index in [0.717, 1.165) is 5.56 Å². The Labute approximate surface area is 173 Å². The Morgan fingerprint density at radius 1 is 1.14 bits per heavy atom. The van der Waals surface area contributed by atoms with Crippen molar-refractivity contribution in [1.29, 1.82) is 0 Å². The number of ether oxygens (including phenoxy) is 1. The highest BCUT2D eigenvalue weighted by Crippen LogP contribution is 2.21. The van der Waals surface area contributed by atoms with E-state index in [9.17, 15) is 13.2 Å². The number of carbonyl (C=O) groups is 1. The Kier molecular flexibility index (Phi) is 7.99. The summed E-state index contributed by atoms with van der Waals surface area (Å²) in [6, 6.07) is 13.2. The average molecular weight is 417 g/mol. The molecule has 2 rings (SSSR count). The highest BCUT2D eigenvalue weighted by molar-refractivity contribution is 7.89. The molecule has 0 aliphatic rings. The lowest BCUT2D eigenvalue weighted by molar-refractivity contribution is 0.0949. The largest absolute Gasteiger partial charge is 0.497 e. The van der Waals surface area contributed by atoms with Crippen molar-refractivity contribution in [3.05, 3.63) is 72.3 Å². The summed E-state index contributed by atoms with van der Waals surface area (Å²) in [5, 5.41) is 2.87. The lowest BCUT2D eigenvalue weighted by Crippen LogP contribution is -2.31. The molecule has 0 unspecified atom stereocenters. The summed E-state index contributed by atoms with van der Waals surface area (Å²) in [5.74, 6) is 0.818. The molecular weight excluding hydrogens is 388 g/mol. The highest BCUT2D eigenvalue weighted by Gasteiger charge is 2.23. The van der Waals surface area contributed by atoms with Gasteiger partial charge in [-0.15, -0.1) is 6.58 Å². The van der Waals surface area contributed by atoms with Gasteiger partial charge in [-0.2, -0.15) is 4.31 Å². The van der Waals surface area contributed by atoms with Crippen molar-refractivity contribution in [2.24, 2.45) is 5.92 Å². The number of methoxy groups -OCH3 is 1. The summed E-state index contributed by atoms with van der Waals surface area (Å²) in [6.07, 6.45) is 1.55. The van der Waals surface area contributed by atoms with Gasteiger partial charge in [0.15, 0.2) is 0 Å². The number of nitrogens with one attached hydrogen (secondary N) is 1. The zero-order valence-electron chi connectivity index (χ0n) is 17.1. The molecule has 0 aliphatic carbocycles. The van der Waals surface area contributed by atoms with Crippen molar-refractivity contribution in [2.45, 2.75) is 25.3 Å². The smallest absolute Gasteiger partial charge is 0.251 e. The van der Waals surface area contributed by atoms with E-state index in [2.05, 4.69) is 11.9 Å². The molecule has 1 N–H and O–H groups in total. The fraction of sp³-hybridized carbons (Fsp3) is 0.318. The summed E-state index contributed by atoms with van der Waals surface area (Å²) in [5.41, 5.74) is 1.33. The second-order valence-corrected chi connectivity index (χ2v) is 9.00. The molecule has 0 fully saturated rings. The maximum atomic E-state index is 13.0. The Morgan fingerprint density at radius 3 is 2.28 bits per heavy atom. The Hall–Kier alpha value is -2.64. The van der Waals surface area contributed by atoms with Gasteiger partial charge in [0.25, 0.3) is 5.91 Å². The molecule has 0 heterocycles. The molecular formula is C22H28N2O4S. The number of amides is 1. The van der Waals surface area contributed by atoms with E-state index in [4.69, 9.17) is 4.74 Å². The maximum absolute atomic E-state index is 13.0. The van der Waals surface area contributed by atoms with Crippen molar-refractivity contribution in [3.8, 4) is 5.75 Å². The second-order valence-electron chi connectivity index (χ2n) is 7.06. The van der Waals surface area contributed by atoms with Crippen LogP contribution in [0.3, 0.4) is 0 Å². The molecule has 29 heavy (non-hydrogen) atoms. The normalized spacial score (nSPS) is 11.5. The van der Waals surface area contributed by atoms with Crippen LogP contribution < -0.4 is 10.1 Å². The van der Waals surface area contributed by atoms with Gasteiger partial charge in [-0.1, -0.05) is 32.1 Å². The minimum atomic E-state index is -3.70. The van der Waals surface area contributed by atoms with Crippen LogP contribution in [-0.4, -0.2) is 38.8 Å². The number of carbonyl (C=O) groups excluding carboxylic acids is 1. The third kappa shape index (κ3) is 6.17. The van der Waals surface area contributed by atoms with Crippen LogP contribution in [0.5, 0.6) is 5.75 Å². The summed E-state index contributed by atoms with van der Waals surface area (Å²) in [6.45, 7) is 8.68. The number of benzene rings is 2. The van der Waals surface area contributed by atoms with Gasteiger partial charge in [-0.3, -0.25) is 4.79 Å². The molecule has 0 spiro atoms. The van der Waals surface area contributed by atoms with Gasteiger partial charge < -0.3 is 10.1 Å². The van der Waals surface area contributed by atoms with Gasteiger partial charge in [0.1, 0.15) is 5.75 Å². The lowest BCUT2D eigenvalue weighted by atomic mass is 10.1. The van der Waals surface area contributed by atoms with Gasteiger partial charge >= 0.3 is 0 Å². The van der Waals surface area contributed by atoms with E-state index in [1.165, 1.54) is 23.5 Å². The first-order valence-corrected chi connectivity index (χ1v) is 10.8. The molecule has 6 nitrogen and oxygen atoms in total. The third-order valence-electron chi connectivity index (χ3n) is 4.28. The van der Waals surface area contributed by atoms with Gasteiger partial charge in [0.05, 0.1) is 12.0 Å². The van der Waals surface area contributed by atoms with Crippen molar-refractivity contribution in [3.63, 3.8) is 0 Å². The van der Waals surface area contributed by atoms with Crippen LogP contribution in [0, 0.1) is 5.92 Å². The highest BCUT2D eigenvalue weighted by atomic mass is 32.2. The van der Waals surface area contributed by atoms with E-state index in [1.54, 1.807) is 42.5 Å². The van der Waals surface area contributed by atoms with Crippen molar-refractivity contribution >= 4 is 15.9 Å². The van der Waals surface area contributed by atoms with Gasteiger partial charge in [-0.05, 0) is 47.9 Å². The van der Waals surface area contributed by atoms with Crippen LogP contribution in [0.2, 0.25) is 0 Å². The standard InChI is InChI=1S/C22H28N2O4S/c1-5-14-24(29(26,27)21-12-10-20(28-4)11-13-21)16-18-6-8-19(9-7-18)22(25)23-15-17(2)3/h5-13,17H,1,14-16H2,2-4H3,(H,23,25). The number of rotatable bonds is 10. The average Bonchev–Trinajstić information content (AvgIpc) is 2.72. The Balaban J connectivity index is 2.17. The van der Waals surface area contributed by atoms with Gasteiger partial charge in [0, 0.05) is 25.2 Å². The minimum absolute atomic E-state index is 0.140. The topological polar surface area (TPSA) is 75.7 Å². The Bertz CT molecular complexity index is 920. The molecule has 2 aromatic carbocycles. The van der Waals surface area contributed by atoms with Crippen LogP contribution in [0.4, 0.5) is 0 Å². The number of hydrogen-bond donors (Lipinski definition) is 1.